The van der Waals surface area contributed by atoms with Gasteiger partial charge in [0, 0.05) is 5.41 Å². The molecule has 24 heavy (non-hydrogen) atoms. The van der Waals surface area contributed by atoms with Crippen molar-refractivity contribution < 1.29 is 9.59 Å². The highest BCUT2D eigenvalue weighted by Gasteiger charge is 2.67. The van der Waals surface area contributed by atoms with Gasteiger partial charge in [0.25, 0.3) is 0 Å². The van der Waals surface area contributed by atoms with Gasteiger partial charge >= 0.3 is 0 Å². The van der Waals surface area contributed by atoms with E-state index in [1.54, 1.807) is 0 Å². The minimum Gasteiger partial charge on any atom is -0.274 e. The Labute approximate surface area is 143 Å². The Morgan fingerprint density at radius 2 is 1.71 bits per heavy atom. The molecule has 1 heterocycles. The molecular formula is C21H25NO2. The van der Waals surface area contributed by atoms with Gasteiger partial charge in [0.05, 0.1) is 17.5 Å². The number of carbonyl (C=O) groups excluding carboxylic acids is 2. The molecule has 0 aromatic heterocycles. The molecule has 1 aromatic carbocycles. The van der Waals surface area contributed by atoms with Crippen molar-refractivity contribution in [1.82, 2.24) is 0 Å². The van der Waals surface area contributed by atoms with E-state index in [4.69, 9.17) is 0 Å². The highest BCUT2D eigenvalue weighted by atomic mass is 16.2. The maximum absolute atomic E-state index is 13.4. The summed E-state index contributed by atoms with van der Waals surface area (Å²) in [5.41, 5.74) is 1.36. The van der Waals surface area contributed by atoms with Gasteiger partial charge in [-0.05, 0) is 42.7 Å². The Bertz CT molecular complexity index is 765. The first-order chi connectivity index (χ1) is 11.3. The maximum atomic E-state index is 13.4. The predicted octanol–water partition coefficient (Wildman–Crippen LogP) is 4.11. The van der Waals surface area contributed by atoms with Crippen LogP contribution in [0.3, 0.4) is 0 Å². The fourth-order valence-electron chi connectivity index (χ4n) is 5.28. The average molecular weight is 323 g/mol. The molecule has 3 heteroatoms. The number of aryl methyl sites for hydroxylation is 1. The Morgan fingerprint density at radius 3 is 2.29 bits per heavy atom. The molecule has 2 bridgehead atoms. The van der Waals surface area contributed by atoms with Crippen LogP contribution in [-0.2, 0) is 9.59 Å². The number of carbonyl (C=O) groups is 2. The fraction of sp³-hybridized carbons (Fsp3) is 0.524. The summed E-state index contributed by atoms with van der Waals surface area (Å²) in [7, 11) is 0. The third kappa shape index (κ3) is 1.73. The van der Waals surface area contributed by atoms with Crippen LogP contribution in [0.15, 0.2) is 36.4 Å². The summed E-state index contributed by atoms with van der Waals surface area (Å²) in [6, 6.07) is 7.70. The molecule has 4 atom stereocenters. The Hall–Kier alpha value is -1.90. The monoisotopic (exact) mass is 323 g/mol. The Morgan fingerprint density at radius 1 is 1.04 bits per heavy atom. The smallest absolute Gasteiger partial charge is 0.238 e. The summed E-state index contributed by atoms with van der Waals surface area (Å²) in [6.45, 7) is 8.48. The summed E-state index contributed by atoms with van der Waals surface area (Å²) in [4.78, 5) is 28.2. The number of hydrogen-bond acceptors (Lipinski definition) is 2. The molecule has 1 aromatic rings. The molecule has 4 unspecified atom stereocenters. The van der Waals surface area contributed by atoms with E-state index < -0.39 is 0 Å². The lowest BCUT2D eigenvalue weighted by Gasteiger charge is -2.55. The number of anilines is 1. The standard InChI is InChI=1S/C21H25NO2/c1-13(2)21-11-9-20(4,10-12-21)16-17(21)19(24)22(18(16)23)15-8-6-5-7-14(15)3/h5-9,11,13,16-17H,10,12H2,1-4H3. The number of allylic oxidation sites excluding steroid dienone is 2. The van der Waals surface area contributed by atoms with Gasteiger partial charge in [-0.1, -0.05) is 51.1 Å². The van der Waals surface area contributed by atoms with Crippen molar-refractivity contribution in [2.24, 2.45) is 28.6 Å². The van der Waals surface area contributed by atoms with E-state index in [0.717, 1.165) is 24.1 Å². The van der Waals surface area contributed by atoms with Crippen molar-refractivity contribution in [1.29, 1.82) is 0 Å². The van der Waals surface area contributed by atoms with Crippen LogP contribution in [0, 0.1) is 35.5 Å². The minimum atomic E-state index is -0.217. The molecule has 1 saturated carbocycles. The summed E-state index contributed by atoms with van der Waals surface area (Å²) in [6.07, 6.45) is 6.47. The van der Waals surface area contributed by atoms with Gasteiger partial charge in [0.2, 0.25) is 11.8 Å². The molecule has 3 aliphatic carbocycles. The van der Waals surface area contributed by atoms with Crippen molar-refractivity contribution in [3.63, 3.8) is 0 Å². The van der Waals surface area contributed by atoms with Crippen LogP contribution in [0.1, 0.15) is 39.2 Å². The van der Waals surface area contributed by atoms with Crippen molar-refractivity contribution >= 4 is 17.5 Å². The summed E-state index contributed by atoms with van der Waals surface area (Å²) >= 11 is 0. The number of imide groups is 1. The maximum Gasteiger partial charge on any atom is 0.238 e. The second kappa shape index (κ2) is 4.81. The van der Waals surface area contributed by atoms with Crippen LogP contribution in [0.2, 0.25) is 0 Å². The van der Waals surface area contributed by atoms with Crippen molar-refractivity contribution in [2.75, 3.05) is 4.90 Å². The van der Waals surface area contributed by atoms with Gasteiger partial charge in [-0.25, -0.2) is 4.90 Å². The van der Waals surface area contributed by atoms with Crippen molar-refractivity contribution in [3.8, 4) is 0 Å². The highest BCUT2D eigenvalue weighted by Crippen LogP contribution is 2.64. The van der Waals surface area contributed by atoms with Crippen LogP contribution in [0.4, 0.5) is 5.69 Å². The number of nitrogens with zero attached hydrogens (tertiary/aromatic N) is 1. The third-order valence-electron chi connectivity index (χ3n) is 6.90. The average Bonchev–Trinajstić information content (AvgIpc) is 2.83. The number of rotatable bonds is 2. The van der Waals surface area contributed by atoms with Crippen LogP contribution in [0.5, 0.6) is 0 Å². The molecule has 3 nitrogen and oxygen atoms in total. The summed E-state index contributed by atoms with van der Waals surface area (Å²) < 4.78 is 0. The van der Waals surface area contributed by atoms with Crippen LogP contribution in [0.25, 0.3) is 0 Å². The third-order valence-corrected chi connectivity index (χ3v) is 6.90. The molecule has 2 amide bonds. The van der Waals surface area contributed by atoms with E-state index in [2.05, 4.69) is 32.9 Å². The van der Waals surface area contributed by atoms with Gasteiger partial charge in [-0.15, -0.1) is 0 Å². The van der Waals surface area contributed by atoms with E-state index in [1.807, 2.05) is 31.2 Å². The molecule has 4 aliphatic rings. The fourth-order valence-corrected chi connectivity index (χ4v) is 5.28. The normalized spacial score (nSPS) is 37.5. The van der Waals surface area contributed by atoms with E-state index in [1.165, 1.54) is 4.90 Å². The van der Waals surface area contributed by atoms with E-state index in [9.17, 15) is 9.59 Å². The molecule has 126 valence electrons. The summed E-state index contributed by atoms with van der Waals surface area (Å²) in [5, 5.41) is 0. The first-order valence-corrected chi connectivity index (χ1v) is 8.96. The van der Waals surface area contributed by atoms with Gasteiger partial charge < -0.3 is 0 Å². The Kier molecular flexibility index (Phi) is 3.13. The number of benzene rings is 1. The van der Waals surface area contributed by atoms with E-state index in [-0.39, 0.29) is 34.5 Å². The first-order valence-electron chi connectivity index (χ1n) is 8.96. The number of para-hydroxylation sites is 1. The molecule has 5 rings (SSSR count). The second-order valence-corrected chi connectivity index (χ2v) is 8.36. The quantitative estimate of drug-likeness (QED) is 0.606. The predicted molar refractivity (Wildman–Crippen MR) is 94.4 cm³/mol. The molecular weight excluding hydrogens is 298 g/mol. The number of hydrogen-bond donors (Lipinski definition) is 0. The molecule has 1 aliphatic heterocycles. The van der Waals surface area contributed by atoms with Gasteiger partial charge in [-0.3, -0.25) is 9.59 Å². The molecule has 1 saturated heterocycles. The van der Waals surface area contributed by atoms with E-state index in [0.29, 0.717) is 5.92 Å². The highest BCUT2D eigenvalue weighted by molar-refractivity contribution is 6.23. The topological polar surface area (TPSA) is 37.4 Å². The minimum absolute atomic E-state index is 0.00303. The molecule has 0 spiro atoms. The van der Waals surface area contributed by atoms with Crippen LogP contribution in [-0.4, -0.2) is 11.8 Å². The second-order valence-electron chi connectivity index (χ2n) is 8.36. The van der Waals surface area contributed by atoms with Crippen LogP contribution < -0.4 is 4.90 Å². The Balaban J connectivity index is 1.88. The van der Waals surface area contributed by atoms with Gasteiger partial charge in [-0.2, -0.15) is 0 Å². The van der Waals surface area contributed by atoms with Gasteiger partial charge in [0.15, 0.2) is 0 Å². The zero-order valence-corrected chi connectivity index (χ0v) is 14.9. The van der Waals surface area contributed by atoms with E-state index >= 15 is 0 Å². The summed E-state index contributed by atoms with van der Waals surface area (Å²) in [5.74, 6) is -0.0852. The lowest BCUT2D eigenvalue weighted by atomic mass is 9.46. The lowest BCUT2D eigenvalue weighted by molar-refractivity contribution is -0.135. The first kappa shape index (κ1) is 15.6. The SMILES string of the molecule is Cc1ccccc1N1C(=O)C2C(C1=O)C1(C(C)C)C=CC2(C)CC1. The largest absolute Gasteiger partial charge is 0.274 e. The van der Waals surface area contributed by atoms with Crippen molar-refractivity contribution in [2.45, 2.75) is 40.5 Å². The van der Waals surface area contributed by atoms with Crippen molar-refractivity contribution in [3.05, 3.63) is 42.0 Å². The molecule has 0 radical (unpaired) electrons. The number of amides is 2. The lowest BCUT2D eigenvalue weighted by Crippen LogP contribution is -2.53. The van der Waals surface area contributed by atoms with Gasteiger partial charge in [0.1, 0.15) is 0 Å². The zero-order valence-electron chi connectivity index (χ0n) is 14.9. The number of fused-ring (bicyclic) bond motifs is 1. The molecule has 2 fully saturated rings. The molecule has 0 N–H and O–H groups in total. The van der Waals surface area contributed by atoms with Crippen LogP contribution >= 0.6 is 0 Å². The zero-order chi connectivity index (χ0) is 17.3.